The second-order valence-electron chi connectivity index (χ2n) is 15.0. The van der Waals surface area contributed by atoms with Crippen molar-refractivity contribution in [1.82, 2.24) is 9.97 Å². The molecular weight excluding hydrogens is 665 g/mol. The van der Waals surface area contributed by atoms with Crippen LogP contribution < -0.4 is 0 Å². The molecule has 55 heavy (non-hydrogen) atoms. The minimum atomic E-state index is 0.446. The molecule has 0 aliphatic heterocycles. The first-order chi connectivity index (χ1) is 27.2. The van der Waals surface area contributed by atoms with Gasteiger partial charge in [0, 0.05) is 11.1 Å². The molecular formula is C53H36N2. The van der Waals surface area contributed by atoms with Gasteiger partial charge in [-0.3, -0.25) is 0 Å². The zero-order valence-corrected chi connectivity index (χ0v) is 30.5. The highest BCUT2D eigenvalue weighted by Crippen LogP contribution is 2.44. The van der Waals surface area contributed by atoms with Crippen LogP contribution in [-0.4, -0.2) is 9.97 Å². The van der Waals surface area contributed by atoms with E-state index in [0.717, 1.165) is 50.7 Å². The lowest BCUT2D eigenvalue weighted by atomic mass is 9.80. The minimum Gasteiger partial charge on any atom is -0.244 e. The first kappa shape index (κ1) is 31.6. The largest absolute Gasteiger partial charge is 0.244 e. The fraction of sp³-hybridized carbons (Fsp3) is 0.0566. The molecule has 1 unspecified atom stereocenters. The van der Waals surface area contributed by atoms with Gasteiger partial charge in [-0.25, -0.2) is 9.97 Å². The van der Waals surface area contributed by atoms with Crippen molar-refractivity contribution >= 4 is 60.2 Å². The SMILES string of the molecule is CC1CC=Cc2cc3ccccc3c(-c3ccc(-c4nc5cc6ccccc6cc5nc4-c4ccc(-c5c6ccccc6cc6ccccc56)cc4)cc3)c21. The van der Waals surface area contributed by atoms with Crippen LogP contribution in [0.25, 0.3) is 105 Å². The van der Waals surface area contributed by atoms with Gasteiger partial charge in [0.2, 0.25) is 0 Å². The Morgan fingerprint density at radius 3 is 1.36 bits per heavy atom. The van der Waals surface area contributed by atoms with E-state index in [1.54, 1.807) is 0 Å². The molecule has 2 nitrogen and oxygen atoms in total. The third-order valence-corrected chi connectivity index (χ3v) is 11.6. The number of hydrogen-bond acceptors (Lipinski definition) is 2. The lowest BCUT2D eigenvalue weighted by Gasteiger charge is -2.24. The molecule has 0 spiro atoms. The van der Waals surface area contributed by atoms with Crippen LogP contribution in [0.3, 0.4) is 0 Å². The van der Waals surface area contributed by atoms with Crippen LogP contribution in [0.1, 0.15) is 30.4 Å². The van der Waals surface area contributed by atoms with Gasteiger partial charge in [0.25, 0.3) is 0 Å². The molecule has 0 fully saturated rings. The van der Waals surface area contributed by atoms with E-state index in [4.69, 9.17) is 9.97 Å². The topological polar surface area (TPSA) is 25.8 Å². The van der Waals surface area contributed by atoms with Gasteiger partial charge in [-0.2, -0.15) is 0 Å². The Morgan fingerprint density at radius 2 is 0.836 bits per heavy atom. The fourth-order valence-electron chi connectivity index (χ4n) is 8.94. The molecule has 10 aromatic rings. The van der Waals surface area contributed by atoms with Crippen molar-refractivity contribution in [3.05, 3.63) is 187 Å². The minimum absolute atomic E-state index is 0.446. The van der Waals surface area contributed by atoms with Crippen LogP contribution in [0, 0.1) is 0 Å². The second kappa shape index (κ2) is 12.6. The van der Waals surface area contributed by atoms with E-state index in [-0.39, 0.29) is 0 Å². The summed E-state index contributed by atoms with van der Waals surface area (Å²) in [5.74, 6) is 0.446. The normalized spacial score (nSPS) is 13.9. The first-order valence-corrected chi connectivity index (χ1v) is 19.2. The summed E-state index contributed by atoms with van der Waals surface area (Å²) < 4.78 is 0. The van der Waals surface area contributed by atoms with E-state index < -0.39 is 0 Å². The molecule has 258 valence electrons. The standard InChI is InChI=1S/C53H36N2/c1-33-11-10-17-43-30-42-16-6-9-20-46(42)51(49(33)43)35-23-27-37(28-24-35)53-52(54-47-31-38-12-2-3-13-39(38)32-48(47)55-53)36-25-21-34(22-26-36)50-44-18-7-4-14-40(44)29-41-15-5-8-19-45(41)50/h2-10,12-33H,11H2,1H3. The molecule has 0 bridgehead atoms. The zero-order valence-electron chi connectivity index (χ0n) is 30.5. The van der Waals surface area contributed by atoms with Gasteiger partial charge in [-0.15, -0.1) is 0 Å². The smallest absolute Gasteiger partial charge is 0.0973 e. The van der Waals surface area contributed by atoms with Crippen molar-refractivity contribution in [2.45, 2.75) is 19.3 Å². The molecule has 1 aliphatic rings. The molecule has 1 heterocycles. The molecule has 2 heteroatoms. The molecule has 0 radical (unpaired) electrons. The number of nitrogens with zero attached hydrogens (tertiary/aromatic N) is 2. The molecule has 0 saturated heterocycles. The first-order valence-electron chi connectivity index (χ1n) is 19.2. The van der Waals surface area contributed by atoms with E-state index in [0.29, 0.717) is 5.92 Å². The van der Waals surface area contributed by atoms with Crippen LogP contribution in [0.2, 0.25) is 0 Å². The Morgan fingerprint density at radius 1 is 0.418 bits per heavy atom. The van der Waals surface area contributed by atoms with Gasteiger partial charge in [-0.1, -0.05) is 165 Å². The Kier molecular flexibility index (Phi) is 7.25. The highest BCUT2D eigenvalue weighted by Gasteiger charge is 2.22. The highest BCUT2D eigenvalue weighted by atomic mass is 14.8. The number of aromatic nitrogens is 2. The van der Waals surface area contributed by atoms with E-state index in [1.807, 2.05) is 0 Å². The van der Waals surface area contributed by atoms with Gasteiger partial charge >= 0.3 is 0 Å². The maximum Gasteiger partial charge on any atom is 0.0973 e. The van der Waals surface area contributed by atoms with Crippen LogP contribution in [0.4, 0.5) is 0 Å². The van der Waals surface area contributed by atoms with Gasteiger partial charge in [0.05, 0.1) is 22.4 Å². The summed E-state index contributed by atoms with van der Waals surface area (Å²) in [5, 5.41) is 9.89. The molecule has 1 atom stereocenters. The molecule has 1 aliphatic carbocycles. The quantitative estimate of drug-likeness (QED) is 0.171. The summed E-state index contributed by atoms with van der Waals surface area (Å²) in [5.41, 5.74) is 13.4. The number of allylic oxidation sites excluding steroid dienone is 1. The van der Waals surface area contributed by atoms with Crippen molar-refractivity contribution in [3.8, 4) is 44.8 Å². The second-order valence-corrected chi connectivity index (χ2v) is 15.0. The molecule has 11 rings (SSSR count). The summed E-state index contributed by atoms with van der Waals surface area (Å²) >= 11 is 0. The van der Waals surface area contributed by atoms with Gasteiger partial charge in [-0.05, 0) is 113 Å². The van der Waals surface area contributed by atoms with Crippen LogP contribution in [0.15, 0.2) is 176 Å². The Labute approximate surface area is 320 Å². The number of benzene rings is 9. The number of fused-ring (bicyclic) bond motifs is 6. The summed E-state index contributed by atoms with van der Waals surface area (Å²) in [6, 6.07) is 61.6. The molecule has 0 amide bonds. The summed E-state index contributed by atoms with van der Waals surface area (Å²) in [6.45, 7) is 2.35. The lowest BCUT2D eigenvalue weighted by Crippen LogP contribution is -2.03. The average Bonchev–Trinajstić information content (AvgIpc) is 3.24. The number of rotatable bonds is 4. The van der Waals surface area contributed by atoms with Gasteiger partial charge < -0.3 is 0 Å². The van der Waals surface area contributed by atoms with E-state index >= 15 is 0 Å². The Bertz CT molecular complexity index is 3120. The summed E-state index contributed by atoms with van der Waals surface area (Å²) in [7, 11) is 0. The predicted octanol–water partition coefficient (Wildman–Crippen LogP) is 14.4. The van der Waals surface area contributed by atoms with Crippen LogP contribution >= 0.6 is 0 Å². The number of hydrogen-bond donors (Lipinski definition) is 0. The molecule has 0 N–H and O–H groups in total. The zero-order chi connectivity index (χ0) is 36.5. The maximum absolute atomic E-state index is 5.40. The van der Waals surface area contributed by atoms with E-state index in [2.05, 4.69) is 189 Å². The predicted molar refractivity (Wildman–Crippen MR) is 233 cm³/mol. The van der Waals surface area contributed by atoms with Crippen molar-refractivity contribution in [3.63, 3.8) is 0 Å². The Hall–Kier alpha value is -6.90. The van der Waals surface area contributed by atoms with E-state index in [9.17, 15) is 0 Å². The lowest BCUT2D eigenvalue weighted by molar-refractivity contribution is 0.775. The van der Waals surface area contributed by atoms with Crippen molar-refractivity contribution < 1.29 is 0 Å². The van der Waals surface area contributed by atoms with Crippen molar-refractivity contribution in [2.24, 2.45) is 0 Å². The fourth-order valence-corrected chi connectivity index (χ4v) is 8.94. The summed E-state index contributed by atoms with van der Waals surface area (Å²) in [6.07, 6.45) is 5.67. The van der Waals surface area contributed by atoms with Crippen LogP contribution in [-0.2, 0) is 0 Å². The average molecular weight is 701 g/mol. The summed E-state index contributed by atoms with van der Waals surface area (Å²) in [4.78, 5) is 10.8. The van der Waals surface area contributed by atoms with Crippen molar-refractivity contribution in [2.75, 3.05) is 0 Å². The van der Waals surface area contributed by atoms with Gasteiger partial charge in [0.1, 0.15) is 0 Å². The molecule has 9 aromatic carbocycles. The third-order valence-electron chi connectivity index (χ3n) is 11.6. The maximum atomic E-state index is 5.40. The van der Waals surface area contributed by atoms with Gasteiger partial charge in [0.15, 0.2) is 0 Å². The monoisotopic (exact) mass is 700 g/mol. The van der Waals surface area contributed by atoms with Crippen molar-refractivity contribution in [1.29, 1.82) is 0 Å². The third kappa shape index (κ3) is 5.25. The Balaban J connectivity index is 1.08. The van der Waals surface area contributed by atoms with Crippen LogP contribution in [0.5, 0.6) is 0 Å². The molecule has 0 saturated carbocycles. The molecule has 1 aromatic heterocycles. The highest BCUT2D eigenvalue weighted by molar-refractivity contribution is 6.13. The van der Waals surface area contributed by atoms with E-state index in [1.165, 1.54) is 65.7 Å².